The molecule has 0 spiro atoms. The number of halogens is 1. The zero-order valence-corrected chi connectivity index (χ0v) is 12.6. The molecule has 4 nitrogen and oxygen atoms in total. The van der Waals surface area contributed by atoms with Crippen LogP contribution in [0, 0.1) is 5.92 Å². The van der Waals surface area contributed by atoms with Gasteiger partial charge in [0.1, 0.15) is 0 Å². The van der Waals surface area contributed by atoms with E-state index in [1.165, 1.54) is 7.11 Å². The number of carbonyl (C=O) groups excluding carboxylic acids is 1. The Bertz CT molecular complexity index is 453. The van der Waals surface area contributed by atoms with E-state index >= 15 is 0 Å². The molecule has 0 radical (unpaired) electrons. The molecular weight excluding hydrogens is 308 g/mol. The lowest BCUT2D eigenvalue weighted by molar-refractivity contribution is -0.141. The second-order valence-electron chi connectivity index (χ2n) is 5.00. The molecule has 2 atom stereocenters. The third-order valence-electron chi connectivity index (χ3n) is 3.45. The van der Waals surface area contributed by atoms with Gasteiger partial charge in [0, 0.05) is 23.6 Å². The van der Waals surface area contributed by atoms with Gasteiger partial charge in [-0.2, -0.15) is 0 Å². The molecule has 1 saturated heterocycles. The predicted molar refractivity (Wildman–Crippen MR) is 79.1 cm³/mol. The summed E-state index contributed by atoms with van der Waals surface area (Å²) < 4.78 is 5.80. The summed E-state index contributed by atoms with van der Waals surface area (Å²) in [6.07, 6.45) is 1.31. The third-order valence-corrected chi connectivity index (χ3v) is 4.12. The van der Waals surface area contributed by atoms with Crippen molar-refractivity contribution in [3.8, 4) is 0 Å². The second-order valence-corrected chi connectivity index (χ2v) is 5.85. The molecule has 0 bridgehead atoms. The van der Waals surface area contributed by atoms with Crippen molar-refractivity contribution in [2.24, 2.45) is 11.7 Å². The number of methoxy groups -OCH3 is 1. The Balaban J connectivity index is 2.10. The normalized spacial score (nSPS) is 23.2. The fraction of sp³-hybridized carbons (Fsp3) is 0.500. The van der Waals surface area contributed by atoms with Crippen LogP contribution in [-0.2, 0) is 9.53 Å². The van der Waals surface area contributed by atoms with Gasteiger partial charge in [-0.15, -0.1) is 0 Å². The maximum atomic E-state index is 11.4. The summed E-state index contributed by atoms with van der Waals surface area (Å²) in [6.45, 7) is 1.66. The minimum absolute atomic E-state index is 0.0931. The monoisotopic (exact) mass is 326 g/mol. The molecule has 0 aromatic heterocycles. The maximum Gasteiger partial charge on any atom is 0.305 e. The Hall–Kier alpha value is -1.07. The summed E-state index contributed by atoms with van der Waals surface area (Å²) in [5.74, 6) is 0.0921. The largest absolute Gasteiger partial charge is 0.469 e. The van der Waals surface area contributed by atoms with Crippen molar-refractivity contribution >= 4 is 27.6 Å². The Labute approximate surface area is 122 Å². The van der Waals surface area contributed by atoms with Gasteiger partial charge in [-0.25, -0.2) is 0 Å². The van der Waals surface area contributed by atoms with Gasteiger partial charge in [-0.1, -0.05) is 12.1 Å². The van der Waals surface area contributed by atoms with E-state index in [-0.39, 0.29) is 17.9 Å². The molecule has 2 unspecified atom stereocenters. The van der Waals surface area contributed by atoms with Crippen LogP contribution in [0.4, 0.5) is 5.69 Å². The molecule has 0 saturated carbocycles. The number of hydrogen-bond donors (Lipinski definition) is 1. The number of para-hydroxylation sites is 1. The van der Waals surface area contributed by atoms with Crippen LogP contribution in [-0.4, -0.2) is 32.2 Å². The van der Waals surface area contributed by atoms with Gasteiger partial charge in [0.2, 0.25) is 0 Å². The average Bonchev–Trinajstić information content (AvgIpc) is 2.38. The quantitative estimate of drug-likeness (QED) is 0.865. The van der Waals surface area contributed by atoms with Crippen molar-refractivity contribution < 1.29 is 9.53 Å². The number of piperidine rings is 1. The van der Waals surface area contributed by atoms with E-state index in [4.69, 9.17) is 10.5 Å². The number of rotatable bonds is 3. The van der Waals surface area contributed by atoms with Gasteiger partial charge in [-0.05, 0) is 40.4 Å². The molecular formula is C14H19BrN2O2. The predicted octanol–water partition coefficient (Wildman–Crippen LogP) is 2.17. The van der Waals surface area contributed by atoms with E-state index in [0.717, 1.165) is 29.7 Å². The number of anilines is 1. The first kappa shape index (κ1) is 14.3. The summed E-state index contributed by atoms with van der Waals surface area (Å²) in [6, 6.07) is 8.18. The molecule has 1 aliphatic rings. The molecule has 1 heterocycles. The summed E-state index contributed by atoms with van der Waals surface area (Å²) >= 11 is 3.56. The first-order valence-electron chi connectivity index (χ1n) is 6.42. The van der Waals surface area contributed by atoms with E-state index in [1.807, 2.05) is 18.2 Å². The van der Waals surface area contributed by atoms with Crippen LogP contribution in [0.3, 0.4) is 0 Å². The number of hydrogen-bond acceptors (Lipinski definition) is 4. The standard InChI is InChI=1S/C14H19BrN2O2/c1-19-14(18)7-10-6-11(16)9-17(8-10)13-5-3-2-4-12(13)15/h2-5,10-11H,6-9,16H2,1H3. The lowest BCUT2D eigenvalue weighted by Gasteiger charge is -2.38. The van der Waals surface area contributed by atoms with Gasteiger partial charge < -0.3 is 15.4 Å². The van der Waals surface area contributed by atoms with Gasteiger partial charge in [0.15, 0.2) is 0 Å². The second kappa shape index (κ2) is 6.39. The van der Waals surface area contributed by atoms with E-state index in [0.29, 0.717) is 6.42 Å². The molecule has 2 N–H and O–H groups in total. The highest BCUT2D eigenvalue weighted by Crippen LogP contribution is 2.30. The van der Waals surface area contributed by atoms with Crippen molar-refractivity contribution in [2.75, 3.05) is 25.1 Å². The number of benzene rings is 1. The van der Waals surface area contributed by atoms with Gasteiger partial charge >= 0.3 is 5.97 Å². The lowest BCUT2D eigenvalue weighted by Crippen LogP contribution is -2.47. The first-order chi connectivity index (χ1) is 9.10. The Morgan fingerprint density at radius 3 is 2.89 bits per heavy atom. The van der Waals surface area contributed by atoms with Crippen molar-refractivity contribution in [3.63, 3.8) is 0 Å². The highest BCUT2D eigenvalue weighted by atomic mass is 79.9. The van der Waals surface area contributed by atoms with Gasteiger partial charge in [-0.3, -0.25) is 4.79 Å². The highest BCUT2D eigenvalue weighted by molar-refractivity contribution is 9.10. The lowest BCUT2D eigenvalue weighted by atomic mass is 9.91. The topological polar surface area (TPSA) is 55.6 Å². The van der Waals surface area contributed by atoms with Crippen LogP contribution in [0.2, 0.25) is 0 Å². The molecule has 104 valence electrons. The Morgan fingerprint density at radius 2 is 2.21 bits per heavy atom. The van der Waals surface area contributed by atoms with E-state index in [9.17, 15) is 4.79 Å². The third kappa shape index (κ3) is 3.70. The zero-order valence-electron chi connectivity index (χ0n) is 11.0. The Kier molecular flexibility index (Phi) is 4.82. The summed E-state index contributed by atoms with van der Waals surface area (Å²) in [5, 5.41) is 0. The molecule has 2 rings (SSSR count). The van der Waals surface area contributed by atoms with Crippen molar-refractivity contribution in [1.82, 2.24) is 0 Å². The number of carbonyl (C=O) groups is 1. The van der Waals surface area contributed by atoms with Crippen LogP contribution in [0.5, 0.6) is 0 Å². The van der Waals surface area contributed by atoms with E-state index in [2.05, 4.69) is 26.9 Å². The molecule has 19 heavy (non-hydrogen) atoms. The van der Waals surface area contributed by atoms with Gasteiger partial charge in [0.25, 0.3) is 0 Å². The van der Waals surface area contributed by atoms with Crippen LogP contribution in [0.1, 0.15) is 12.8 Å². The van der Waals surface area contributed by atoms with Crippen LogP contribution in [0.15, 0.2) is 28.7 Å². The molecule has 1 aromatic rings. The molecule has 1 aromatic carbocycles. The average molecular weight is 327 g/mol. The van der Waals surface area contributed by atoms with Crippen LogP contribution >= 0.6 is 15.9 Å². The van der Waals surface area contributed by atoms with Crippen molar-refractivity contribution in [3.05, 3.63) is 28.7 Å². The number of nitrogens with zero attached hydrogens (tertiary/aromatic N) is 1. The molecule has 0 aliphatic carbocycles. The first-order valence-corrected chi connectivity index (χ1v) is 7.21. The Morgan fingerprint density at radius 1 is 1.47 bits per heavy atom. The van der Waals surface area contributed by atoms with E-state index < -0.39 is 0 Å². The number of nitrogens with two attached hydrogens (primary N) is 1. The van der Waals surface area contributed by atoms with Crippen molar-refractivity contribution in [1.29, 1.82) is 0 Å². The van der Waals surface area contributed by atoms with E-state index in [1.54, 1.807) is 0 Å². The summed E-state index contributed by atoms with van der Waals surface area (Å²) in [4.78, 5) is 13.6. The zero-order chi connectivity index (χ0) is 13.8. The maximum absolute atomic E-state index is 11.4. The minimum Gasteiger partial charge on any atom is -0.469 e. The molecule has 5 heteroatoms. The SMILES string of the molecule is COC(=O)CC1CC(N)CN(c2ccccc2Br)C1. The smallest absolute Gasteiger partial charge is 0.305 e. The fourth-order valence-electron chi connectivity index (χ4n) is 2.62. The molecule has 1 fully saturated rings. The molecule has 0 amide bonds. The van der Waals surface area contributed by atoms with Crippen LogP contribution < -0.4 is 10.6 Å². The number of esters is 1. The minimum atomic E-state index is -0.161. The summed E-state index contributed by atoms with van der Waals surface area (Å²) in [7, 11) is 1.43. The summed E-state index contributed by atoms with van der Waals surface area (Å²) in [5.41, 5.74) is 7.24. The highest BCUT2D eigenvalue weighted by Gasteiger charge is 2.27. The fourth-order valence-corrected chi connectivity index (χ4v) is 3.15. The van der Waals surface area contributed by atoms with Gasteiger partial charge in [0.05, 0.1) is 19.2 Å². The molecule has 1 aliphatic heterocycles. The number of ether oxygens (including phenoxy) is 1. The van der Waals surface area contributed by atoms with Crippen molar-refractivity contribution in [2.45, 2.75) is 18.9 Å². The van der Waals surface area contributed by atoms with Crippen LogP contribution in [0.25, 0.3) is 0 Å².